The zero-order chi connectivity index (χ0) is 28.9. The first-order valence-electron chi connectivity index (χ1n) is 13.3. The van der Waals surface area contributed by atoms with Gasteiger partial charge in [-0.05, 0) is 53.7 Å². The Kier molecular flexibility index (Phi) is 33.5. The molecule has 0 amide bonds. The highest BCUT2D eigenvalue weighted by Gasteiger charge is 2.26. The van der Waals surface area contributed by atoms with Gasteiger partial charge in [0.25, 0.3) is 8.53 Å². The molecule has 0 bridgehead atoms. The second-order valence-electron chi connectivity index (χ2n) is 8.20. The summed E-state index contributed by atoms with van der Waals surface area (Å²) in [5.74, 6) is 0. The van der Waals surface area contributed by atoms with Crippen LogP contribution in [0.4, 0.5) is 0 Å². The van der Waals surface area contributed by atoms with E-state index >= 15 is 0 Å². The number of allylic oxidation sites excluding steroid dienone is 1. The van der Waals surface area contributed by atoms with Gasteiger partial charge in [-0.25, -0.2) is 4.67 Å². The summed E-state index contributed by atoms with van der Waals surface area (Å²) < 4.78 is 24.3. The first kappa shape index (κ1) is 40.1. The van der Waals surface area contributed by atoms with E-state index < -0.39 is 8.53 Å². The Hall–Kier alpha value is -1.37. The monoisotopic (exact) mass is 546 g/mol. The maximum Gasteiger partial charge on any atom is 0.259 e. The number of nitrogens with one attached hydrogen (secondary N) is 2. The molecule has 0 rings (SSSR count). The fourth-order valence-electron chi connectivity index (χ4n) is 2.54. The number of hydrogen-bond acceptors (Lipinski definition) is 9. The van der Waals surface area contributed by atoms with Crippen molar-refractivity contribution in [3.8, 4) is 6.07 Å². The molecule has 0 radical (unpaired) electrons. The molecule has 0 saturated carbocycles. The van der Waals surface area contributed by atoms with Gasteiger partial charge in [-0.15, -0.1) is 0 Å². The molecule has 0 fully saturated rings. The average molecular weight is 547 g/mol. The Morgan fingerprint density at radius 1 is 0.973 bits per heavy atom. The smallest absolute Gasteiger partial charge is 0.259 e. The highest BCUT2D eigenvalue weighted by Crippen LogP contribution is 2.46. The molecule has 0 aromatic heterocycles. The van der Waals surface area contributed by atoms with Crippen molar-refractivity contribution in [3.05, 3.63) is 24.4 Å². The number of carbonyl (C=O) groups is 1. The molecule has 0 saturated heterocycles. The molecule has 9 nitrogen and oxygen atoms in total. The van der Waals surface area contributed by atoms with Gasteiger partial charge in [-0.3, -0.25) is 0 Å². The summed E-state index contributed by atoms with van der Waals surface area (Å²) in [4.78, 5) is 10.3. The number of nitriles is 1. The minimum absolute atomic E-state index is 0.305. The van der Waals surface area contributed by atoms with E-state index in [2.05, 4.69) is 62.2 Å². The quantitative estimate of drug-likeness (QED) is 0.0820. The molecule has 0 heterocycles. The fraction of sp³-hybridized carbons (Fsp3) is 0.778. The van der Waals surface area contributed by atoms with Crippen LogP contribution in [0.25, 0.3) is 0 Å². The standard InChI is InChI=1S/C13H25N2O3P.C12H24N2O2.C2H6/c1-12(2)15(13(3)4)19(18-11-7-8-14)17-10-6-5-9-16;1-11(2)12(3)14-6-8-16-10-9-15-7-5-13-4;1-2/h9,12-13H,5-7,10-11H2,1-4H3;13-14H,1,3,5-10H2,2,4H3;1-2H3. The van der Waals surface area contributed by atoms with E-state index in [1.54, 1.807) is 0 Å². The van der Waals surface area contributed by atoms with Crippen LogP contribution in [-0.2, 0) is 23.3 Å². The molecule has 10 heteroatoms. The second-order valence-corrected chi connectivity index (χ2v) is 9.66. The van der Waals surface area contributed by atoms with Crippen LogP contribution in [0.5, 0.6) is 0 Å². The average Bonchev–Trinajstić information content (AvgIpc) is 2.86. The van der Waals surface area contributed by atoms with Crippen LogP contribution in [0.1, 0.15) is 67.7 Å². The van der Waals surface area contributed by atoms with E-state index in [4.69, 9.17) is 23.8 Å². The summed E-state index contributed by atoms with van der Waals surface area (Å²) in [5, 5.41) is 14.7. The van der Waals surface area contributed by atoms with Gasteiger partial charge in [0, 0.05) is 37.3 Å². The van der Waals surface area contributed by atoms with Crippen molar-refractivity contribution in [2.75, 3.05) is 59.8 Å². The molecule has 1 atom stereocenters. The zero-order valence-corrected chi connectivity index (χ0v) is 25.7. The van der Waals surface area contributed by atoms with Gasteiger partial charge in [-0.2, -0.15) is 5.26 Å². The molecular weight excluding hydrogens is 491 g/mol. The van der Waals surface area contributed by atoms with Crippen molar-refractivity contribution < 1.29 is 23.3 Å². The minimum atomic E-state index is -1.16. The van der Waals surface area contributed by atoms with E-state index in [0.29, 0.717) is 64.4 Å². The van der Waals surface area contributed by atoms with Crippen molar-refractivity contribution >= 4 is 14.8 Å². The lowest BCUT2D eigenvalue weighted by atomic mass is 10.3. The molecule has 0 aliphatic heterocycles. The summed E-state index contributed by atoms with van der Waals surface area (Å²) in [5.41, 5.74) is 1.82. The Bertz CT molecular complexity index is 578. The van der Waals surface area contributed by atoms with Crippen LogP contribution in [0.2, 0.25) is 0 Å². The van der Waals surface area contributed by atoms with Crippen LogP contribution in [0.3, 0.4) is 0 Å². The highest BCUT2D eigenvalue weighted by atomic mass is 31.2. The van der Waals surface area contributed by atoms with Gasteiger partial charge in [0.1, 0.15) is 6.29 Å². The third-order valence-corrected chi connectivity index (χ3v) is 6.41. The molecule has 0 aliphatic rings. The summed E-state index contributed by atoms with van der Waals surface area (Å²) in [7, 11) is 0.738. The number of ether oxygens (including phenoxy) is 2. The maximum atomic E-state index is 10.3. The molecule has 0 spiro atoms. The van der Waals surface area contributed by atoms with E-state index in [9.17, 15) is 4.79 Å². The van der Waals surface area contributed by atoms with Gasteiger partial charge in [0.15, 0.2) is 0 Å². The lowest BCUT2D eigenvalue weighted by molar-refractivity contribution is -0.108. The summed E-state index contributed by atoms with van der Waals surface area (Å²) in [6.45, 7) is 27.1. The number of unbranched alkanes of at least 4 members (excludes halogenated alkanes) is 1. The zero-order valence-electron chi connectivity index (χ0n) is 24.8. The number of carbonyl (C=O) groups excluding carboxylic acids is 1. The lowest BCUT2D eigenvalue weighted by Gasteiger charge is -2.35. The molecule has 0 aromatic carbocycles. The largest absolute Gasteiger partial charge is 0.383 e. The Balaban J connectivity index is -0.000000593. The van der Waals surface area contributed by atoms with Gasteiger partial charge >= 0.3 is 0 Å². The first-order valence-corrected chi connectivity index (χ1v) is 14.4. The minimum Gasteiger partial charge on any atom is -0.383 e. The van der Waals surface area contributed by atoms with E-state index in [1.165, 1.54) is 0 Å². The van der Waals surface area contributed by atoms with Crippen molar-refractivity contribution in [2.45, 2.75) is 79.8 Å². The molecule has 0 aliphatic carbocycles. The molecule has 37 heavy (non-hydrogen) atoms. The SMILES string of the molecule is C=C(C)C(=C)NCCOCCOCCNC.CC.CC(C)N(C(C)C)P(OCCC#N)OCCCC=O. The Labute approximate surface area is 228 Å². The van der Waals surface area contributed by atoms with Crippen LogP contribution < -0.4 is 10.6 Å². The van der Waals surface area contributed by atoms with E-state index in [-0.39, 0.29) is 0 Å². The van der Waals surface area contributed by atoms with Crippen molar-refractivity contribution in [2.24, 2.45) is 0 Å². The Morgan fingerprint density at radius 2 is 1.51 bits per heavy atom. The number of likely N-dealkylation sites (N-methyl/N-ethyl adjacent to an activating group) is 1. The van der Waals surface area contributed by atoms with E-state index in [1.807, 2.05) is 27.8 Å². The topological polar surface area (TPSA) is 105 Å². The van der Waals surface area contributed by atoms with Crippen molar-refractivity contribution in [1.29, 1.82) is 5.26 Å². The summed E-state index contributed by atoms with van der Waals surface area (Å²) in [6, 6.07) is 2.67. The number of nitrogens with zero attached hydrogens (tertiary/aromatic N) is 2. The fourth-order valence-corrected chi connectivity index (χ4v) is 4.17. The van der Waals surface area contributed by atoms with Gasteiger partial charge < -0.3 is 33.9 Å². The van der Waals surface area contributed by atoms with Crippen LogP contribution in [-0.4, -0.2) is 82.8 Å². The second kappa shape index (κ2) is 30.9. The highest BCUT2D eigenvalue weighted by molar-refractivity contribution is 7.44. The normalized spacial score (nSPS) is 11.2. The van der Waals surface area contributed by atoms with Crippen LogP contribution >= 0.6 is 8.53 Å². The lowest BCUT2D eigenvalue weighted by Crippen LogP contribution is -2.33. The molecule has 2 N–H and O–H groups in total. The third-order valence-electron chi connectivity index (χ3n) is 4.30. The Morgan fingerprint density at radius 3 is 1.97 bits per heavy atom. The van der Waals surface area contributed by atoms with Gasteiger partial charge in [0.05, 0.1) is 52.1 Å². The third kappa shape index (κ3) is 27.5. The van der Waals surface area contributed by atoms with Crippen molar-refractivity contribution in [3.63, 3.8) is 0 Å². The summed E-state index contributed by atoms with van der Waals surface area (Å²) in [6.07, 6.45) is 2.46. The van der Waals surface area contributed by atoms with Crippen molar-refractivity contribution in [1.82, 2.24) is 15.3 Å². The predicted molar refractivity (Wildman–Crippen MR) is 155 cm³/mol. The van der Waals surface area contributed by atoms with E-state index in [0.717, 1.165) is 37.3 Å². The van der Waals surface area contributed by atoms with Gasteiger partial charge in [0.2, 0.25) is 0 Å². The number of rotatable bonds is 22. The predicted octanol–water partition coefficient (Wildman–Crippen LogP) is 5.20. The molecular formula is C27H55N4O5P. The van der Waals surface area contributed by atoms with Crippen LogP contribution in [0, 0.1) is 11.3 Å². The van der Waals surface area contributed by atoms with Gasteiger partial charge in [-0.1, -0.05) is 27.0 Å². The molecule has 218 valence electrons. The maximum absolute atomic E-state index is 10.3. The number of hydrogen-bond donors (Lipinski definition) is 2. The number of aldehydes is 1. The summed E-state index contributed by atoms with van der Waals surface area (Å²) >= 11 is 0. The first-order chi connectivity index (χ1) is 17.7. The molecule has 1 unspecified atom stereocenters. The van der Waals surface area contributed by atoms with Crippen LogP contribution in [0.15, 0.2) is 24.4 Å². The molecule has 0 aromatic rings.